The van der Waals surface area contributed by atoms with Crippen LogP contribution in [0.2, 0.25) is 5.02 Å². The fraction of sp³-hybridized carbons (Fsp3) is 0.167. The van der Waals surface area contributed by atoms with E-state index in [1.807, 2.05) is 0 Å². The molecule has 20 heavy (non-hydrogen) atoms. The van der Waals surface area contributed by atoms with Gasteiger partial charge in [0.25, 0.3) is 5.91 Å². The van der Waals surface area contributed by atoms with Gasteiger partial charge in [-0.05, 0) is 12.1 Å². The molecule has 0 spiro atoms. The largest absolute Gasteiger partial charge is 0.478 e. The second-order valence-electron chi connectivity index (χ2n) is 4.02. The zero-order chi connectivity index (χ0) is 14.7. The molecule has 3 N–H and O–H groups in total. The predicted molar refractivity (Wildman–Crippen MR) is 71.9 cm³/mol. The summed E-state index contributed by atoms with van der Waals surface area (Å²) in [6.45, 7) is 0. The average Bonchev–Trinajstić information content (AvgIpc) is 2.41. The van der Waals surface area contributed by atoms with Crippen molar-refractivity contribution >= 4 is 40.8 Å². The minimum atomic E-state index is -1.21. The molecule has 0 unspecified atom stereocenters. The van der Waals surface area contributed by atoms with E-state index in [0.717, 1.165) is 0 Å². The lowest BCUT2D eigenvalue weighted by Crippen LogP contribution is -2.33. The number of nitrogens with one attached hydrogen (secondary N) is 2. The summed E-state index contributed by atoms with van der Waals surface area (Å²) < 4.78 is 0. The molecule has 0 aromatic heterocycles. The number of hydrogen-bond acceptors (Lipinski definition) is 4. The fourth-order valence-corrected chi connectivity index (χ4v) is 1.87. The van der Waals surface area contributed by atoms with Crippen LogP contribution in [0.4, 0.5) is 5.69 Å². The van der Waals surface area contributed by atoms with Gasteiger partial charge in [-0.3, -0.25) is 9.59 Å². The molecule has 0 fully saturated rings. The molecular weight excluding hydrogens is 286 g/mol. The second kappa shape index (κ2) is 5.70. The molecule has 0 saturated carbocycles. The van der Waals surface area contributed by atoms with Crippen LogP contribution in [0.15, 0.2) is 23.3 Å². The van der Waals surface area contributed by atoms with Crippen LogP contribution in [-0.4, -0.2) is 28.6 Å². The Kier molecular flexibility index (Phi) is 3.99. The van der Waals surface area contributed by atoms with Crippen molar-refractivity contribution < 1.29 is 19.5 Å². The molecule has 8 heteroatoms. The van der Waals surface area contributed by atoms with Crippen molar-refractivity contribution in [2.24, 2.45) is 5.10 Å². The van der Waals surface area contributed by atoms with Crippen molar-refractivity contribution in [2.75, 3.05) is 5.32 Å². The third-order valence-corrected chi connectivity index (χ3v) is 2.96. The summed E-state index contributed by atoms with van der Waals surface area (Å²) in [7, 11) is 0. The molecule has 0 atom stereocenters. The number of hydrogen-bond donors (Lipinski definition) is 3. The first-order chi connectivity index (χ1) is 9.49. The SMILES string of the molecule is O=C1CCC(C(=O)Nc2c(Cl)cccc2C(=O)O)=NN1. The monoisotopic (exact) mass is 295 g/mol. The van der Waals surface area contributed by atoms with Gasteiger partial charge in [0.1, 0.15) is 5.71 Å². The molecule has 1 heterocycles. The van der Waals surface area contributed by atoms with Gasteiger partial charge in [0.15, 0.2) is 0 Å². The van der Waals surface area contributed by atoms with Crippen LogP contribution in [0, 0.1) is 0 Å². The van der Waals surface area contributed by atoms with E-state index in [1.165, 1.54) is 18.2 Å². The highest BCUT2D eigenvalue weighted by Gasteiger charge is 2.21. The van der Waals surface area contributed by atoms with E-state index >= 15 is 0 Å². The number of halogens is 1. The number of carboxylic acids is 1. The van der Waals surface area contributed by atoms with Gasteiger partial charge >= 0.3 is 5.97 Å². The number of carbonyl (C=O) groups is 3. The minimum Gasteiger partial charge on any atom is -0.478 e. The zero-order valence-electron chi connectivity index (χ0n) is 10.1. The summed E-state index contributed by atoms with van der Waals surface area (Å²) in [5, 5.41) is 15.2. The van der Waals surface area contributed by atoms with E-state index in [0.29, 0.717) is 0 Å². The number of nitrogens with zero attached hydrogens (tertiary/aromatic N) is 1. The third kappa shape index (κ3) is 2.94. The predicted octanol–water partition coefficient (Wildman–Crippen LogP) is 1.24. The quantitative estimate of drug-likeness (QED) is 0.779. The maximum absolute atomic E-state index is 12.0. The van der Waals surface area contributed by atoms with Gasteiger partial charge in [-0.1, -0.05) is 17.7 Å². The highest BCUT2D eigenvalue weighted by molar-refractivity contribution is 6.45. The summed E-state index contributed by atoms with van der Waals surface area (Å²) in [5.74, 6) is -2.08. The van der Waals surface area contributed by atoms with Gasteiger partial charge < -0.3 is 10.4 Å². The van der Waals surface area contributed by atoms with Gasteiger partial charge in [0, 0.05) is 12.8 Å². The summed E-state index contributed by atoms with van der Waals surface area (Å²) in [4.78, 5) is 34.0. The van der Waals surface area contributed by atoms with Crippen LogP contribution < -0.4 is 10.7 Å². The molecule has 0 aliphatic carbocycles. The Balaban J connectivity index is 2.24. The van der Waals surface area contributed by atoms with Crippen molar-refractivity contribution in [3.63, 3.8) is 0 Å². The molecule has 1 aromatic carbocycles. The maximum Gasteiger partial charge on any atom is 0.337 e. The Bertz CT molecular complexity index is 627. The first kappa shape index (κ1) is 14.0. The fourth-order valence-electron chi connectivity index (χ4n) is 1.65. The van der Waals surface area contributed by atoms with Gasteiger partial charge in [-0.2, -0.15) is 5.10 Å². The molecule has 0 bridgehead atoms. The number of para-hydroxylation sites is 1. The number of amides is 2. The van der Waals surface area contributed by atoms with E-state index in [9.17, 15) is 14.4 Å². The molecule has 0 radical (unpaired) electrons. The van der Waals surface area contributed by atoms with Crippen molar-refractivity contribution in [1.29, 1.82) is 0 Å². The van der Waals surface area contributed by atoms with Crippen LogP contribution in [0.25, 0.3) is 0 Å². The topological polar surface area (TPSA) is 108 Å². The van der Waals surface area contributed by atoms with Gasteiger partial charge in [-0.15, -0.1) is 0 Å². The van der Waals surface area contributed by atoms with Crippen LogP contribution in [0.1, 0.15) is 23.2 Å². The van der Waals surface area contributed by atoms with E-state index in [4.69, 9.17) is 16.7 Å². The molecule has 104 valence electrons. The van der Waals surface area contributed by atoms with Crippen LogP contribution >= 0.6 is 11.6 Å². The van der Waals surface area contributed by atoms with Crippen LogP contribution in [-0.2, 0) is 9.59 Å². The number of anilines is 1. The Morgan fingerprint density at radius 2 is 2.10 bits per heavy atom. The van der Waals surface area contributed by atoms with E-state index in [2.05, 4.69) is 15.8 Å². The zero-order valence-corrected chi connectivity index (χ0v) is 10.9. The van der Waals surface area contributed by atoms with E-state index in [-0.39, 0.29) is 40.7 Å². The molecular formula is C12H10ClN3O4. The summed E-state index contributed by atoms with van der Waals surface area (Å²) >= 11 is 5.89. The number of hydrazone groups is 1. The van der Waals surface area contributed by atoms with Crippen molar-refractivity contribution in [3.8, 4) is 0 Å². The van der Waals surface area contributed by atoms with E-state index in [1.54, 1.807) is 0 Å². The van der Waals surface area contributed by atoms with Crippen LogP contribution in [0.3, 0.4) is 0 Å². The maximum atomic E-state index is 12.0. The first-order valence-electron chi connectivity index (χ1n) is 5.67. The Labute approximate surface area is 118 Å². The number of aromatic carboxylic acids is 1. The Hall–Kier alpha value is -2.41. The highest BCUT2D eigenvalue weighted by Crippen LogP contribution is 2.26. The first-order valence-corrected chi connectivity index (χ1v) is 6.05. The minimum absolute atomic E-state index is 0.00580. The lowest BCUT2D eigenvalue weighted by atomic mass is 10.1. The third-order valence-electron chi connectivity index (χ3n) is 2.65. The molecule has 2 rings (SSSR count). The van der Waals surface area contributed by atoms with Gasteiger partial charge in [0.05, 0.1) is 16.3 Å². The van der Waals surface area contributed by atoms with Gasteiger partial charge in [-0.25, -0.2) is 10.2 Å². The number of benzene rings is 1. The summed E-state index contributed by atoms with van der Waals surface area (Å²) in [6.07, 6.45) is 0.338. The standard InChI is InChI=1S/C12H10ClN3O4/c13-7-3-1-2-6(12(19)20)10(7)14-11(18)8-4-5-9(17)16-15-8/h1-3H,4-5H2,(H,14,18)(H,16,17)(H,19,20). The Morgan fingerprint density at radius 3 is 2.70 bits per heavy atom. The molecule has 2 amide bonds. The molecule has 1 aliphatic rings. The normalized spacial score (nSPS) is 14.2. The molecule has 1 aromatic rings. The second-order valence-corrected chi connectivity index (χ2v) is 4.42. The number of carboxylic acid groups (broad SMARTS) is 1. The number of rotatable bonds is 3. The lowest BCUT2D eigenvalue weighted by molar-refractivity contribution is -0.121. The summed E-state index contributed by atoms with van der Waals surface area (Å²) in [6, 6.07) is 4.27. The summed E-state index contributed by atoms with van der Waals surface area (Å²) in [5.41, 5.74) is 2.19. The Morgan fingerprint density at radius 1 is 1.35 bits per heavy atom. The lowest BCUT2D eigenvalue weighted by Gasteiger charge is -2.14. The molecule has 0 saturated heterocycles. The van der Waals surface area contributed by atoms with Crippen molar-refractivity contribution in [3.05, 3.63) is 28.8 Å². The highest BCUT2D eigenvalue weighted by atomic mass is 35.5. The molecule has 1 aliphatic heterocycles. The number of carbonyl (C=O) groups excluding carboxylic acids is 2. The van der Waals surface area contributed by atoms with Crippen molar-refractivity contribution in [2.45, 2.75) is 12.8 Å². The van der Waals surface area contributed by atoms with E-state index < -0.39 is 11.9 Å². The smallest absolute Gasteiger partial charge is 0.337 e. The van der Waals surface area contributed by atoms with Crippen molar-refractivity contribution in [1.82, 2.24) is 5.43 Å². The average molecular weight is 296 g/mol. The van der Waals surface area contributed by atoms with Gasteiger partial charge in [0.2, 0.25) is 5.91 Å². The van der Waals surface area contributed by atoms with Crippen LogP contribution in [0.5, 0.6) is 0 Å². The molecule has 7 nitrogen and oxygen atoms in total.